The third-order valence-corrected chi connectivity index (χ3v) is 3.27. The van der Waals surface area contributed by atoms with Crippen LogP contribution in [0.4, 0.5) is 11.4 Å². The number of nitrogens with one attached hydrogen (secondary N) is 1. The number of hydrogen-bond donors (Lipinski definition) is 3. The number of aliphatic hydroxyl groups is 1. The van der Waals surface area contributed by atoms with Crippen molar-refractivity contribution < 1.29 is 9.84 Å². The molecular weight excluding hydrogens is 238 g/mol. The summed E-state index contributed by atoms with van der Waals surface area (Å²) in [7, 11) is 0. The number of fused-ring (bicyclic) bond motifs is 1. The number of aliphatic hydroxyl groups excluding tert-OH is 1. The van der Waals surface area contributed by atoms with E-state index in [2.05, 4.69) is 10.3 Å². The van der Waals surface area contributed by atoms with Crippen molar-refractivity contribution in [1.82, 2.24) is 4.98 Å². The summed E-state index contributed by atoms with van der Waals surface area (Å²) < 4.78 is 6.29. The van der Waals surface area contributed by atoms with Crippen molar-refractivity contribution in [3.63, 3.8) is 0 Å². The van der Waals surface area contributed by atoms with Crippen molar-refractivity contribution in [2.24, 2.45) is 0 Å². The van der Waals surface area contributed by atoms with Gasteiger partial charge in [0.1, 0.15) is 5.52 Å². The standard InChI is InChI=1S/C11H15N3O2S/c1-2-16-11-14-9-8(13-5-6-15)4-3-7(12)10(9)17-11/h3-4,13,15H,2,5-6,12H2,1H3. The molecule has 0 aliphatic carbocycles. The molecule has 5 nitrogen and oxygen atoms in total. The van der Waals surface area contributed by atoms with E-state index < -0.39 is 0 Å². The Morgan fingerprint density at radius 1 is 1.53 bits per heavy atom. The summed E-state index contributed by atoms with van der Waals surface area (Å²) in [6.07, 6.45) is 0. The molecule has 0 aliphatic rings. The van der Waals surface area contributed by atoms with Gasteiger partial charge in [0, 0.05) is 6.54 Å². The number of anilines is 2. The molecule has 4 N–H and O–H groups in total. The van der Waals surface area contributed by atoms with E-state index in [0.29, 0.717) is 24.0 Å². The maximum Gasteiger partial charge on any atom is 0.274 e. The van der Waals surface area contributed by atoms with Crippen molar-refractivity contribution in [3.05, 3.63) is 12.1 Å². The van der Waals surface area contributed by atoms with Gasteiger partial charge >= 0.3 is 0 Å². The van der Waals surface area contributed by atoms with Crippen LogP contribution in [-0.2, 0) is 0 Å². The zero-order chi connectivity index (χ0) is 12.3. The molecule has 0 amide bonds. The number of benzene rings is 1. The lowest BCUT2D eigenvalue weighted by molar-refractivity contribution is 0.311. The SMILES string of the molecule is CCOc1nc2c(NCCO)ccc(N)c2s1. The number of hydrogen-bond acceptors (Lipinski definition) is 6. The summed E-state index contributed by atoms with van der Waals surface area (Å²) >= 11 is 1.44. The Bertz CT molecular complexity index is 513. The van der Waals surface area contributed by atoms with Crippen molar-refractivity contribution in [3.8, 4) is 5.19 Å². The molecule has 6 heteroatoms. The molecule has 92 valence electrons. The van der Waals surface area contributed by atoms with Gasteiger partial charge in [0.05, 0.1) is 29.3 Å². The highest BCUT2D eigenvalue weighted by Gasteiger charge is 2.11. The highest BCUT2D eigenvalue weighted by Crippen LogP contribution is 2.36. The molecule has 0 bridgehead atoms. The quantitative estimate of drug-likeness (QED) is 0.706. The summed E-state index contributed by atoms with van der Waals surface area (Å²) in [6, 6.07) is 3.69. The highest BCUT2D eigenvalue weighted by atomic mass is 32.1. The van der Waals surface area contributed by atoms with Gasteiger partial charge in [0.25, 0.3) is 5.19 Å². The second kappa shape index (κ2) is 5.20. The highest BCUT2D eigenvalue weighted by molar-refractivity contribution is 7.20. The van der Waals surface area contributed by atoms with Gasteiger partial charge < -0.3 is 20.9 Å². The van der Waals surface area contributed by atoms with E-state index in [0.717, 1.165) is 15.9 Å². The summed E-state index contributed by atoms with van der Waals surface area (Å²) in [6.45, 7) is 3.06. The normalized spacial score (nSPS) is 10.7. The largest absolute Gasteiger partial charge is 0.470 e. The predicted octanol–water partition coefficient (Wildman–Crippen LogP) is 1.68. The zero-order valence-electron chi connectivity index (χ0n) is 9.56. The van der Waals surface area contributed by atoms with Crippen molar-refractivity contribution in [2.75, 3.05) is 30.8 Å². The third kappa shape index (κ3) is 2.42. The van der Waals surface area contributed by atoms with Gasteiger partial charge in [-0.2, -0.15) is 0 Å². The molecule has 0 atom stereocenters. The minimum Gasteiger partial charge on any atom is -0.470 e. The van der Waals surface area contributed by atoms with Crippen LogP contribution in [0.3, 0.4) is 0 Å². The van der Waals surface area contributed by atoms with Gasteiger partial charge in [-0.05, 0) is 19.1 Å². The summed E-state index contributed by atoms with van der Waals surface area (Å²) in [4.78, 5) is 4.39. The van der Waals surface area contributed by atoms with E-state index in [1.807, 2.05) is 19.1 Å². The number of nitrogens with zero attached hydrogens (tertiary/aromatic N) is 1. The lowest BCUT2D eigenvalue weighted by Gasteiger charge is -2.05. The molecular formula is C11H15N3O2S. The molecule has 0 spiro atoms. The number of rotatable bonds is 5. The third-order valence-electron chi connectivity index (χ3n) is 2.25. The van der Waals surface area contributed by atoms with Gasteiger partial charge in [-0.3, -0.25) is 0 Å². The Kier molecular flexibility index (Phi) is 3.65. The smallest absolute Gasteiger partial charge is 0.274 e. The number of nitrogens with two attached hydrogens (primary N) is 1. The minimum absolute atomic E-state index is 0.0777. The Labute approximate surface area is 103 Å². The van der Waals surface area contributed by atoms with Crippen LogP contribution in [0.15, 0.2) is 12.1 Å². The molecule has 1 heterocycles. The first-order valence-corrected chi connectivity index (χ1v) is 6.24. The van der Waals surface area contributed by atoms with Crippen LogP contribution in [0, 0.1) is 0 Å². The molecule has 0 saturated heterocycles. The van der Waals surface area contributed by atoms with E-state index in [9.17, 15) is 0 Å². The molecule has 0 aliphatic heterocycles. The maximum absolute atomic E-state index is 8.81. The molecule has 1 aromatic carbocycles. The Hall–Kier alpha value is -1.53. The van der Waals surface area contributed by atoms with Crippen molar-refractivity contribution >= 4 is 32.9 Å². The molecule has 2 aromatic rings. The molecule has 0 radical (unpaired) electrons. The second-order valence-corrected chi connectivity index (χ2v) is 4.40. The Morgan fingerprint density at radius 2 is 2.35 bits per heavy atom. The van der Waals surface area contributed by atoms with E-state index >= 15 is 0 Å². The van der Waals surface area contributed by atoms with Gasteiger partial charge in [-0.15, -0.1) is 0 Å². The second-order valence-electron chi connectivity index (χ2n) is 3.44. The van der Waals surface area contributed by atoms with Crippen LogP contribution in [0.1, 0.15) is 6.92 Å². The van der Waals surface area contributed by atoms with E-state index in [1.165, 1.54) is 11.3 Å². The minimum atomic E-state index is 0.0777. The van der Waals surface area contributed by atoms with Gasteiger partial charge in [0.15, 0.2) is 0 Å². The van der Waals surface area contributed by atoms with Crippen LogP contribution in [0.25, 0.3) is 10.2 Å². The fourth-order valence-electron chi connectivity index (χ4n) is 1.52. The van der Waals surface area contributed by atoms with E-state index in [4.69, 9.17) is 15.6 Å². The first-order valence-electron chi connectivity index (χ1n) is 5.42. The molecule has 1 aromatic heterocycles. The summed E-state index contributed by atoms with van der Waals surface area (Å²) in [5, 5.41) is 12.5. The Balaban J connectivity index is 2.43. The van der Waals surface area contributed by atoms with Gasteiger partial charge in [-0.25, -0.2) is 4.98 Å². The van der Waals surface area contributed by atoms with Crippen LogP contribution in [-0.4, -0.2) is 29.8 Å². The van der Waals surface area contributed by atoms with Gasteiger partial charge in [-0.1, -0.05) is 11.3 Å². The lowest BCUT2D eigenvalue weighted by atomic mass is 10.2. The topological polar surface area (TPSA) is 80.4 Å². The van der Waals surface area contributed by atoms with E-state index in [1.54, 1.807) is 0 Å². The lowest BCUT2D eigenvalue weighted by Crippen LogP contribution is -2.06. The number of ether oxygens (including phenoxy) is 1. The monoisotopic (exact) mass is 253 g/mol. The average molecular weight is 253 g/mol. The molecule has 0 unspecified atom stereocenters. The van der Waals surface area contributed by atoms with Crippen LogP contribution >= 0.6 is 11.3 Å². The van der Waals surface area contributed by atoms with Gasteiger partial charge in [0.2, 0.25) is 0 Å². The van der Waals surface area contributed by atoms with E-state index in [-0.39, 0.29) is 6.61 Å². The molecule has 0 fully saturated rings. The number of thiazole rings is 1. The van der Waals surface area contributed by atoms with Crippen molar-refractivity contribution in [2.45, 2.75) is 6.92 Å². The van der Waals surface area contributed by atoms with Crippen molar-refractivity contribution in [1.29, 1.82) is 0 Å². The molecule has 17 heavy (non-hydrogen) atoms. The first kappa shape index (κ1) is 11.9. The Morgan fingerprint density at radius 3 is 3.06 bits per heavy atom. The zero-order valence-corrected chi connectivity index (χ0v) is 10.4. The summed E-state index contributed by atoms with van der Waals surface area (Å²) in [5.41, 5.74) is 8.26. The fraction of sp³-hybridized carbons (Fsp3) is 0.364. The molecule has 2 rings (SSSR count). The number of nitrogen functional groups attached to an aromatic ring is 1. The summed E-state index contributed by atoms with van der Waals surface area (Å²) in [5.74, 6) is 0. The maximum atomic E-state index is 8.81. The van der Waals surface area contributed by atoms with Crippen LogP contribution in [0.5, 0.6) is 5.19 Å². The van der Waals surface area contributed by atoms with Crippen LogP contribution in [0.2, 0.25) is 0 Å². The number of aromatic nitrogens is 1. The first-order chi connectivity index (χ1) is 8.26. The fourth-order valence-corrected chi connectivity index (χ4v) is 2.45. The molecule has 0 saturated carbocycles. The predicted molar refractivity (Wildman–Crippen MR) is 70.8 cm³/mol. The van der Waals surface area contributed by atoms with Crippen LogP contribution < -0.4 is 15.8 Å². The average Bonchev–Trinajstić information content (AvgIpc) is 2.74.